The molecule has 5 nitrogen and oxygen atoms in total. The molecular formula is C49H47FN4OPt+2. The number of rotatable bonds is 5. The van der Waals surface area contributed by atoms with Gasteiger partial charge in [0.25, 0.3) is 5.69 Å². The van der Waals surface area contributed by atoms with Crippen molar-refractivity contribution in [2.45, 2.75) is 85.4 Å². The van der Waals surface area contributed by atoms with E-state index in [4.69, 9.17) is 13.8 Å². The third kappa shape index (κ3) is 7.17. The number of hydrogen-bond acceptors (Lipinski definition) is 2. The maximum Gasteiger partial charge on any atom is 2.00 e. The van der Waals surface area contributed by atoms with Crippen LogP contribution in [-0.2, 0) is 37.3 Å². The Kier molecular flexibility index (Phi) is 8.88. The summed E-state index contributed by atoms with van der Waals surface area (Å²) in [5.41, 5.74) is 7.35. The van der Waals surface area contributed by atoms with E-state index in [1.807, 2.05) is 56.2 Å². The van der Waals surface area contributed by atoms with Gasteiger partial charge in [-0.25, -0.2) is 9.37 Å². The van der Waals surface area contributed by atoms with Gasteiger partial charge in [-0.1, -0.05) is 103 Å². The monoisotopic (exact) mass is 924 g/mol. The second kappa shape index (κ2) is 14.1. The summed E-state index contributed by atoms with van der Waals surface area (Å²) >= 11 is 0. The Morgan fingerprint density at radius 1 is 0.714 bits per heavy atom. The second-order valence-corrected chi connectivity index (χ2v) is 17.4. The number of ether oxygens (including phenoxy) is 1. The first-order valence-corrected chi connectivity index (χ1v) is 18.7. The summed E-state index contributed by atoms with van der Waals surface area (Å²) in [6.45, 7) is 17.2. The molecule has 0 bridgehead atoms. The molecule has 7 heteroatoms. The van der Waals surface area contributed by atoms with E-state index < -0.39 is 6.85 Å². The zero-order chi connectivity index (χ0) is 41.5. The number of aromatic nitrogens is 2. The molecule has 0 fully saturated rings. The molecule has 0 radical (unpaired) electrons. The van der Waals surface area contributed by atoms with E-state index in [0.29, 0.717) is 39.9 Å². The van der Waals surface area contributed by atoms with E-state index in [-0.39, 0.29) is 48.7 Å². The van der Waals surface area contributed by atoms with Crippen molar-refractivity contribution in [3.8, 4) is 17.3 Å². The summed E-state index contributed by atoms with van der Waals surface area (Å²) in [6, 6.07) is 40.4. The molecule has 0 atom stereocenters. The van der Waals surface area contributed by atoms with Crippen LogP contribution in [0.25, 0.3) is 27.6 Å². The fraction of sp³-hybridized carbons (Fsp3) is 0.265. The van der Waals surface area contributed by atoms with Crippen molar-refractivity contribution in [3.63, 3.8) is 0 Å². The number of nitrogens with zero attached hydrogens (tertiary/aromatic N) is 4. The van der Waals surface area contributed by atoms with Crippen molar-refractivity contribution in [1.29, 1.82) is 0 Å². The summed E-state index contributed by atoms with van der Waals surface area (Å²) < 4.78 is 52.4. The van der Waals surface area contributed by atoms with Gasteiger partial charge in [0.05, 0.1) is 0 Å². The summed E-state index contributed by atoms with van der Waals surface area (Å²) in [7, 11) is 0. The van der Waals surface area contributed by atoms with Gasteiger partial charge < -0.3 is 9.30 Å². The van der Waals surface area contributed by atoms with Crippen molar-refractivity contribution in [3.05, 3.63) is 143 Å². The van der Waals surface area contributed by atoms with E-state index in [2.05, 4.69) is 105 Å². The molecule has 8 rings (SSSR count). The van der Waals surface area contributed by atoms with Gasteiger partial charge in [0, 0.05) is 51.1 Å². The average molecular weight is 925 g/mol. The second-order valence-electron chi connectivity index (χ2n) is 17.4. The third-order valence-corrected chi connectivity index (χ3v) is 10.3. The van der Waals surface area contributed by atoms with Crippen LogP contribution < -0.4 is 13.9 Å². The van der Waals surface area contributed by atoms with E-state index in [1.165, 1.54) is 6.07 Å². The van der Waals surface area contributed by atoms with Crippen LogP contribution in [0.5, 0.6) is 11.5 Å². The number of pyridine rings is 1. The van der Waals surface area contributed by atoms with Crippen LogP contribution in [0, 0.1) is 24.8 Å². The molecular weight excluding hydrogens is 875 g/mol. The van der Waals surface area contributed by atoms with Gasteiger partial charge in [-0.3, -0.25) is 0 Å². The summed E-state index contributed by atoms with van der Waals surface area (Å²) in [4.78, 5) is 4.74. The van der Waals surface area contributed by atoms with Crippen LogP contribution in [-0.4, -0.2) is 15.6 Å². The molecule has 1 aliphatic rings. The predicted octanol–water partition coefficient (Wildman–Crippen LogP) is 12.8. The van der Waals surface area contributed by atoms with Crippen molar-refractivity contribution in [2.75, 3.05) is 0 Å². The Balaban J connectivity index is 0.00000528. The Labute approximate surface area is 348 Å². The minimum Gasteiger partial charge on any atom is -0.509 e. The number of halogens is 1. The topological polar surface area (TPSA) is 33.1 Å². The first kappa shape index (κ1) is 35.3. The van der Waals surface area contributed by atoms with Crippen molar-refractivity contribution >= 4 is 50.6 Å². The van der Waals surface area contributed by atoms with Crippen LogP contribution in [0.15, 0.2) is 103 Å². The molecule has 0 aliphatic carbocycles. The Hall–Kier alpha value is -5.15. The number of fused-ring (bicyclic) bond motifs is 4. The van der Waals surface area contributed by atoms with E-state index in [9.17, 15) is 4.39 Å². The maximum atomic E-state index is 14.6. The SMILES string of the molecule is [2H]C([2H])([2H])c1cccc2c1[N+](c1cc(C(C)(C)C)cc(C(C)(C)C)c1)=C=[N+]2c1[c-]c(Oc2[c-]c3c(cc2)c2cc(F)ccc2n3-c2cc(C(C)(C)C)ccn2)ccc1.[Pt+2]. The molecule has 0 N–H and O–H groups in total. The average Bonchev–Trinajstić information content (AvgIpc) is 3.69. The molecule has 1 aliphatic heterocycles. The zero-order valence-electron chi connectivity index (χ0n) is 36.2. The van der Waals surface area contributed by atoms with Crippen LogP contribution in [0.3, 0.4) is 0 Å². The van der Waals surface area contributed by atoms with Crippen molar-refractivity contribution < 1.29 is 34.3 Å². The van der Waals surface area contributed by atoms with Crippen LogP contribution in [0.1, 0.15) is 88.7 Å². The van der Waals surface area contributed by atoms with Crippen molar-refractivity contribution in [1.82, 2.24) is 18.7 Å². The van der Waals surface area contributed by atoms with Gasteiger partial charge in [-0.15, -0.1) is 23.6 Å². The molecule has 0 saturated carbocycles. The molecule has 0 unspecified atom stereocenters. The molecule has 7 aromatic rings. The zero-order valence-corrected chi connectivity index (χ0v) is 35.5. The quantitative estimate of drug-likeness (QED) is 0.127. The summed E-state index contributed by atoms with van der Waals surface area (Å²) in [5, 5.41) is 1.56. The number of hydrogen-bond donors (Lipinski definition) is 0. The maximum absolute atomic E-state index is 14.6. The van der Waals surface area contributed by atoms with Crippen molar-refractivity contribution in [2.24, 2.45) is 0 Å². The van der Waals surface area contributed by atoms with Gasteiger partial charge in [0.15, 0.2) is 0 Å². The Morgan fingerprint density at radius 3 is 2.11 bits per heavy atom. The van der Waals surface area contributed by atoms with E-state index in [0.717, 1.165) is 38.7 Å². The van der Waals surface area contributed by atoms with Crippen LogP contribution in [0.4, 0.5) is 27.1 Å². The van der Waals surface area contributed by atoms with Crippen LogP contribution >= 0.6 is 0 Å². The number of aryl methyl sites for hydroxylation is 1. The van der Waals surface area contributed by atoms with Gasteiger partial charge >= 0.3 is 32.8 Å². The fourth-order valence-corrected chi connectivity index (χ4v) is 7.07. The summed E-state index contributed by atoms with van der Waals surface area (Å²) in [6.07, 6.45) is 1.80. The molecule has 5 aromatic carbocycles. The minimum atomic E-state index is -2.38. The Bertz CT molecular complexity index is 2840. The number of benzene rings is 5. The fourth-order valence-electron chi connectivity index (χ4n) is 7.07. The predicted molar refractivity (Wildman–Crippen MR) is 224 cm³/mol. The number of para-hydroxylation sites is 1. The molecule has 284 valence electrons. The summed E-state index contributed by atoms with van der Waals surface area (Å²) in [5.74, 6) is 1.23. The Morgan fingerprint density at radius 2 is 1.41 bits per heavy atom. The molecule has 0 amide bonds. The van der Waals surface area contributed by atoms with Gasteiger partial charge in [0.2, 0.25) is 5.69 Å². The first-order valence-electron chi connectivity index (χ1n) is 20.2. The van der Waals surface area contributed by atoms with Crippen LogP contribution in [0.2, 0.25) is 0 Å². The van der Waals surface area contributed by atoms with Gasteiger partial charge in [0.1, 0.15) is 17.3 Å². The molecule has 3 heterocycles. The minimum absolute atomic E-state index is 0. The molecule has 56 heavy (non-hydrogen) atoms. The first-order chi connectivity index (χ1) is 27.2. The standard InChI is InChI=1S/C49H47FN4O.Pt/c1-31-13-11-16-43-46(31)53(37-24-33(48(5,6)7)23-34(25-37)49(8,9)10)30-52(43)36-14-12-15-38(28-36)55-39-18-19-40-41-27-35(50)17-20-42(41)54(44(40)29-39)45-26-32(21-22-51-45)47(2,3)4;/h11-27H,1-10H3;/q;+2/i1D3;. The van der Waals surface area contributed by atoms with E-state index in [1.54, 1.807) is 30.5 Å². The van der Waals surface area contributed by atoms with E-state index >= 15 is 0 Å². The third-order valence-electron chi connectivity index (χ3n) is 10.3. The molecule has 0 spiro atoms. The molecule has 0 saturated heterocycles. The normalized spacial score (nSPS) is 14.1. The largest absolute Gasteiger partial charge is 2.00 e. The van der Waals surface area contributed by atoms with Gasteiger partial charge in [-0.05, 0) is 80.1 Å². The van der Waals surface area contributed by atoms with Gasteiger partial charge in [-0.2, -0.15) is 12.1 Å². The smallest absolute Gasteiger partial charge is 0.509 e. The molecule has 2 aromatic heterocycles.